The summed E-state index contributed by atoms with van der Waals surface area (Å²) in [7, 11) is 0. The molecule has 2 aromatic rings. The van der Waals surface area contributed by atoms with E-state index in [0.717, 1.165) is 18.3 Å². The molecule has 1 aliphatic rings. The van der Waals surface area contributed by atoms with Crippen LogP contribution in [0.5, 0.6) is 17.4 Å². The molecular formula is C20H21F3N2O4. The number of pyridine rings is 1. The predicted octanol–water partition coefficient (Wildman–Crippen LogP) is 3.56. The number of hydrogen-bond acceptors (Lipinski definition) is 5. The number of rotatable bonds is 7. The summed E-state index contributed by atoms with van der Waals surface area (Å²) >= 11 is 0. The van der Waals surface area contributed by atoms with E-state index in [0.29, 0.717) is 31.1 Å². The molecule has 0 bridgehead atoms. The van der Waals surface area contributed by atoms with Crippen LogP contribution >= 0.6 is 0 Å². The van der Waals surface area contributed by atoms with Crippen LogP contribution in [0.1, 0.15) is 18.9 Å². The molecule has 156 valence electrons. The van der Waals surface area contributed by atoms with Crippen molar-refractivity contribution in [3.8, 4) is 17.4 Å². The van der Waals surface area contributed by atoms with E-state index < -0.39 is 17.8 Å². The molecule has 0 aliphatic carbocycles. The lowest BCUT2D eigenvalue weighted by molar-refractivity contribution is -0.137. The van der Waals surface area contributed by atoms with Crippen LogP contribution in [0.15, 0.2) is 42.6 Å². The van der Waals surface area contributed by atoms with Gasteiger partial charge in [-0.15, -0.1) is 0 Å². The van der Waals surface area contributed by atoms with E-state index in [2.05, 4.69) is 4.98 Å². The molecule has 0 saturated carbocycles. The molecule has 9 heteroatoms. The predicted molar refractivity (Wildman–Crippen MR) is 98.0 cm³/mol. The Morgan fingerprint density at radius 1 is 1.17 bits per heavy atom. The SMILES string of the molecule is CCOc1ccc(OCC(=O)N2CCC(Oc3cc(C(F)(F)F)ccn3)C2)cc1. The summed E-state index contributed by atoms with van der Waals surface area (Å²) in [5.74, 6) is 0.933. The van der Waals surface area contributed by atoms with Crippen molar-refractivity contribution < 1.29 is 32.2 Å². The zero-order valence-electron chi connectivity index (χ0n) is 15.8. The van der Waals surface area contributed by atoms with E-state index in [1.165, 1.54) is 0 Å². The highest BCUT2D eigenvalue weighted by molar-refractivity contribution is 5.78. The van der Waals surface area contributed by atoms with Gasteiger partial charge in [-0.05, 0) is 37.3 Å². The maximum absolute atomic E-state index is 12.8. The Labute approximate surface area is 166 Å². The Hall–Kier alpha value is -2.97. The molecule has 3 rings (SSSR count). The van der Waals surface area contributed by atoms with Gasteiger partial charge in [-0.3, -0.25) is 4.79 Å². The van der Waals surface area contributed by atoms with Gasteiger partial charge >= 0.3 is 6.18 Å². The van der Waals surface area contributed by atoms with Gasteiger partial charge in [0.05, 0.1) is 18.7 Å². The van der Waals surface area contributed by atoms with Crippen LogP contribution in [0.4, 0.5) is 13.2 Å². The summed E-state index contributed by atoms with van der Waals surface area (Å²) in [5, 5.41) is 0. The van der Waals surface area contributed by atoms with Crippen molar-refractivity contribution in [2.45, 2.75) is 25.6 Å². The molecular weight excluding hydrogens is 389 g/mol. The Morgan fingerprint density at radius 3 is 2.52 bits per heavy atom. The van der Waals surface area contributed by atoms with Gasteiger partial charge in [0.2, 0.25) is 5.88 Å². The molecule has 0 spiro atoms. The molecule has 1 amide bonds. The molecule has 6 nitrogen and oxygen atoms in total. The van der Waals surface area contributed by atoms with Crippen molar-refractivity contribution in [1.29, 1.82) is 0 Å². The van der Waals surface area contributed by atoms with Crippen molar-refractivity contribution in [3.05, 3.63) is 48.2 Å². The van der Waals surface area contributed by atoms with Gasteiger partial charge in [-0.25, -0.2) is 4.98 Å². The van der Waals surface area contributed by atoms with Crippen LogP contribution in [0.25, 0.3) is 0 Å². The van der Waals surface area contributed by atoms with Crippen molar-refractivity contribution in [1.82, 2.24) is 9.88 Å². The third kappa shape index (κ3) is 5.75. The lowest BCUT2D eigenvalue weighted by Crippen LogP contribution is -2.34. The van der Waals surface area contributed by atoms with Gasteiger partial charge in [0, 0.05) is 25.2 Å². The Kier molecular flexibility index (Phi) is 6.46. The van der Waals surface area contributed by atoms with Gasteiger partial charge in [-0.2, -0.15) is 13.2 Å². The summed E-state index contributed by atoms with van der Waals surface area (Å²) in [6, 6.07) is 8.69. The molecule has 1 unspecified atom stereocenters. The second-order valence-electron chi connectivity index (χ2n) is 6.44. The van der Waals surface area contributed by atoms with E-state index >= 15 is 0 Å². The minimum atomic E-state index is -4.46. The first kappa shape index (κ1) is 20.8. The largest absolute Gasteiger partial charge is 0.494 e. The number of halogens is 3. The number of carbonyl (C=O) groups is 1. The third-order valence-electron chi connectivity index (χ3n) is 4.34. The van der Waals surface area contributed by atoms with Crippen molar-refractivity contribution in [3.63, 3.8) is 0 Å². The van der Waals surface area contributed by atoms with Gasteiger partial charge in [-0.1, -0.05) is 0 Å². The Morgan fingerprint density at radius 2 is 1.86 bits per heavy atom. The number of likely N-dealkylation sites (tertiary alicyclic amines) is 1. The quantitative estimate of drug-likeness (QED) is 0.699. The number of ether oxygens (including phenoxy) is 3. The van der Waals surface area contributed by atoms with Gasteiger partial charge in [0.1, 0.15) is 17.6 Å². The minimum Gasteiger partial charge on any atom is -0.494 e. The van der Waals surface area contributed by atoms with Crippen LogP contribution in [0.2, 0.25) is 0 Å². The summed E-state index contributed by atoms with van der Waals surface area (Å²) in [6.45, 7) is 3.02. The highest BCUT2D eigenvalue weighted by atomic mass is 19.4. The number of nitrogens with zero attached hydrogens (tertiary/aromatic N) is 2. The zero-order chi connectivity index (χ0) is 20.9. The molecule has 1 saturated heterocycles. The summed E-state index contributed by atoms with van der Waals surface area (Å²) in [5.41, 5.74) is -0.822. The average Bonchev–Trinajstić information content (AvgIpc) is 3.15. The lowest BCUT2D eigenvalue weighted by Gasteiger charge is -2.17. The molecule has 1 atom stereocenters. The van der Waals surface area contributed by atoms with Crippen LogP contribution in [-0.2, 0) is 11.0 Å². The molecule has 1 aliphatic heterocycles. The molecule has 0 N–H and O–H groups in total. The average molecular weight is 410 g/mol. The number of hydrogen-bond donors (Lipinski definition) is 0. The summed E-state index contributed by atoms with van der Waals surface area (Å²) in [4.78, 5) is 17.7. The molecule has 0 radical (unpaired) electrons. The topological polar surface area (TPSA) is 60.9 Å². The number of benzene rings is 1. The van der Waals surface area contributed by atoms with Crippen molar-refractivity contribution in [2.75, 3.05) is 26.3 Å². The van der Waals surface area contributed by atoms with Gasteiger partial charge in [0.15, 0.2) is 6.61 Å². The third-order valence-corrected chi connectivity index (χ3v) is 4.34. The van der Waals surface area contributed by atoms with Crippen LogP contribution < -0.4 is 14.2 Å². The first-order valence-electron chi connectivity index (χ1n) is 9.18. The standard InChI is InChI=1S/C20H21F3N2O4/c1-2-27-15-3-5-16(6-4-15)28-13-19(26)25-10-8-17(12-25)29-18-11-14(7-9-24-18)20(21,22)23/h3-7,9,11,17H,2,8,10,12-13H2,1H3. The number of alkyl halides is 3. The van der Waals surface area contributed by atoms with Gasteiger partial charge in [0.25, 0.3) is 5.91 Å². The fraction of sp³-hybridized carbons (Fsp3) is 0.400. The summed E-state index contributed by atoms with van der Waals surface area (Å²) in [6.07, 6.45) is -3.31. The second kappa shape index (κ2) is 9.02. The van der Waals surface area contributed by atoms with E-state index in [4.69, 9.17) is 14.2 Å². The minimum absolute atomic E-state index is 0.107. The molecule has 2 heterocycles. The molecule has 1 fully saturated rings. The highest BCUT2D eigenvalue weighted by Crippen LogP contribution is 2.31. The molecule has 29 heavy (non-hydrogen) atoms. The van der Waals surface area contributed by atoms with Crippen molar-refractivity contribution in [2.24, 2.45) is 0 Å². The van der Waals surface area contributed by atoms with Crippen LogP contribution in [0, 0.1) is 0 Å². The van der Waals surface area contributed by atoms with E-state index in [1.807, 2.05) is 6.92 Å². The molecule has 1 aromatic heterocycles. The summed E-state index contributed by atoms with van der Waals surface area (Å²) < 4.78 is 54.7. The van der Waals surface area contributed by atoms with E-state index in [1.54, 1.807) is 29.2 Å². The number of amides is 1. The Balaban J connectivity index is 1.48. The second-order valence-corrected chi connectivity index (χ2v) is 6.44. The number of aromatic nitrogens is 1. The first-order valence-corrected chi connectivity index (χ1v) is 9.18. The Bertz CT molecular complexity index is 827. The van der Waals surface area contributed by atoms with Crippen LogP contribution in [-0.4, -0.2) is 48.2 Å². The fourth-order valence-corrected chi connectivity index (χ4v) is 2.91. The maximum Gasteiger partial charge on any atom is 0.416 e. The highest BCUT2D eigenvalue weighted by Gasteiger charge is 2.32. The molecule has 1 aromatic carbocycles. The van der Waals surface area contributed by atoms with E-state index in [-0.39, 0.29) is 24.9 Å². The normalized spacial score (nSPS) is 16.6. The number of carbonyl (C=O) groups excluding carboxylic acids is 1. The fourth-order valence-electron chi connectivity index (χ4n) is 2.91. The smallest absolute Gasteiger partial charge is 0.416 e. The monoisotopic (exact) mass is 410 g/mol. The van der Waals surface area contributed by atoms with E-state index in [9.17, 15) is 18.0 Å². The maximum atomic E-state index is 12.8. The van der Waals surface area contributed by atoms with Crippen LogP contribution in [0.3, 0.4) is 0 Å². The van der Waals surface area contributed by atoms with Gasteiger partial charge < -0.3 is 19.1 Å². The lowest BCUT2D eigenvalue weighted by atomic mass is 10.2. The first-order chi connectivity index (χ1) is 13.8. The van der Waals surface area contributed by atoms with Crippen molar-refractivity contribution >= 4 is 5.91 Å². The zero-order valence-corrected chi connectivity index (χ0v) is 15.8.